The number of nitrogens with two attached hydrogens (primary N) is 1. The van der Waals surface area contributed by atoms with Crippen molar-refractivity contribution < 1.29 is 4.74 Å². The summed E-state index contributed by atoms with van der Waals surface area (Å²) in [7, 11) is 1.74. The standard InChI is InChI=1S/C14H18N4O2/c1-20-10-4-6-18(7-5-10)14-16-12-3-2-9(15)8-11(12)13(19)17-14/h2-3,8,10H,4-7,15H2,1H3,(H,16,17,19). The fraction of sp³-hybridized carbons (Fsp3) is 0.429. The third-order valence-corrected chi connectivity index (χ3v) is 3.79. The molecule has 1 fully saturated rings. The van der Waals surface area contributed by atoms with E-state index in [1.54, 1.807) is 25.3 Å². The first-order valence-electron chi connectivity index (χ1n) is 6.74. The van der Waals surface area contributed by atoms with Crippen molar-refractivity contribution in [1.29, 1.82) is 0 Å². The van der Waals surface area contributed by atoms with Crippen molar-refractivity contribution in [2.24, 2.45) is 0 Å². The Morgan fingerprint density at radius 2 is 2.15 bits per heavy atom. The quantitative estimate of drug-likeness (QED) is 0.802. The second-order valence-electron chi connectivity index (χ2n) is 5.09. The number of fused-ring (bicyclic) bond motifs is 1. The number of nitrogen functional groups attached to an aromatic ring is 1. The minimum atomic E-state index is -0.147. The number of benzene rings is 1. The number of aromatic nitrogens is 2. The number of methoxy groups -OCH3 is 1. The molecule has 3 N–H and O–H groups in total. The van der Waals surface area contributed by atoms with Crippen LogP contribution < -0.4 is 16.2 Å². The van der Waals surface area contributed by atoms with Gasteiger partial charge in [-0.1, -0.05) is 0 Å². The van der Waals surface area contributed by atoms with Crippen LogP contribution in [0.25, 0.3) is 10.9 Å². The van der Waals surface area contributed by atoms with E-state index in [-0.39, 0.29) is 5.56 Å². The number of H-pyrrole nitrogens is 1. The van der Waals surface area contributed by atoms with Crippen LogP contribution in [0.3, 0.4) is 0 Å². The van der Waals surface area contributed by atoms with Crippen LogP contribution in [0, 0.1) is 0 Å². The van der Waals surface area contributed by atoms with Gasteiger partial charge < -0.3 is 15.4 Å². The van der Waals surface area contributed by atoms with Crippen molar-refractivity contribution in [3.05, 3.63) is 28.6 Å². The minimum absolute atomic E-state index is 0.147. The highest BCUT2D eigenvalue weighted by molar-refractivity contribution is 5.81. The third kappa shape index (κ3) is 2.34. The van der Waals surface area contributed by atoms with Crippen molar-refractivity contribution in [3.8, 4) is 0 Å². The van der Waals surface area contributed by atoms with Crippen molar-refractivity contribution in [1.82, 2.24) is 9.97 Å². The monoisotopic (exact) mass is 274 g/mol. The van der Waals surface area contributed by atoms with Crippen molar-refractivity contribution in [2.45, 2.75) is 18.9 Å². The Bertz CT molecular complexity index is 674. The zero-order valence-electron chi connectivity index (χ0n) is 11.4. The molecule has 0 atom stereocenters. The summed E-state index contributed by atoms with van der Waals surface area (Å²) in [6.07, 6.45) is 2.19. The summed E-state index contributed by atoms with van der Waals surface area (Å²) in [6, 6.07) is 5.20. The van der Waals surface area contributed by atoms with Crippen molar-refractivity contribution in [2.75, 3.05) is 30.8 Å². The fourth-order valence-electron chi connectivity index (χ4n) is 2.60. The smallest absolute Gasteiger partial charge is 0.260 e. The van der Waals surface area contributed by atoms with Crippen LogP contribution in [0.4, 0.5) is 11.6 Å². The second-order valence-corrected chi connectivity index (χ2v) is 5.09. The van der Waals surface area contributed by atoms with Gasteiger partial charge in [-0.15, -0.1) is 0 Å². The number of nitrogens with one attached hydrogen (secondary N) is 1. The Morgan fingerprint density at radius 1 is 1.40 bits per heavy atom. The molecule has 2 aromatic rings. The predicted octanol–water partition coefficient (Wildman–Crippen LogP) is 1.12. The van der Waals surface area contributed by atoms with Crippen LogP contribution in [0.1, 0.15) is 12.8 Å². The summed E-state index contributed by atoms with van der Waals surface area (Å²) in [5.74, 6) is 0.627. The molecule has 2 heterocycles. The van der Waals surface area contributed by atoms with Gasteiger partial charge in [0.25, 0.3) is 5.56 Å². The molecule has 6 nitrogen and oxygen atoms in total. The van der Waals surface area contributed by atoms with Gasteiger partial charge in [0.05, 0.1) is 17.0 Å². The SMILES string of the molecule is COC1CCN(c2nc3ccc(N)cc3c(=O)[nH]2)CC1. The number of piperidine rings is 1. The largest absolute Gasteiger partial charge is 0.399 e. The van der Waals surface area contributed by atoms with Crippen molar-refractivity contribution >= 4 is 22.5 Å². The summed E-state index contributed by atoms with van der Waals surface area (Å²) >= 11 is 0. The number of hydrogen-bond acceptors (Lipinski definition) is 5. The first-order valence-corrected chi connectivity index (χ1v) is 6.74. The molecule has 1 aliphatic rings. The molecule has 0 bridgehead atoms. The molecule has 1 saturated heterocycles. The van der Waals surface area contributed by atoms with Gasteiger partial charge >= 0.3 is 0 Å². The van der Waals surface area contributed by atoms with Crippen LogP contribution in [-0.2, 0) is 4.74 Å². The average molecular weight is 274 g/mol. The number of hydrogen-bond donors (Lipinski definition) is 2. The maximum absolute atomic E-state index is 12.1. The molecule has 6 heteroatoms. The Morgan fingerprint density at radius 3 is 2.85 bits per heavy atom. The molecule has 0 radical (unpaired) electrons. The molecule has 3 rings (SSSR count). The molecule has 1 aromatic heterocycles. The number of aromatic amines is 1. The highest BCUT2D eigenvalue weighted by Gasteiger charge is 2.20. The molecule has 1 aromatic carbocycles. The summed E-state index contributed by atoms with van der Waals surface area (Å²) in [5.41, 5.74) is 6.79. The van der Waals surface area contributed by atoms with Crippen LogP contribution in [0.5, 0.6) is 0 Å². The number of ether oxygens (including phenoxy) is 1. The first kappa shape index (κ1) is 12.9. The molecule has 0 amide bonds. The van der Waals surface area contributed by atoms with E-state index in [2.05, 4.69) is 14.9 Å². The van der Waals surface area contributed by atoms with Gasteiger partial charge in [0.2, 0.25) is 5.95 Å². The van der Waals surface area contributed by atoms with E-state index in [4.69, 9.17) is 10.5 Å². The topological polar surface area (TPSA) is 84.2 Å². The Balaban J connectivity index is 1.93. The highest BCUT2D eigenvalue weighted by atomic mass is 16.5. The average Bonchev–Trinajstić information content (AvgIpc) is 2.48. The van der Waals surface area contributed by atoms with Crippen LogP contribution in [0.2, 0.25) is 0 Å². The molecular formula is C14H18N4O2. The molecule has 0 unspecified atom stereocenters. The molecule has 0 saturated carbocycles. The molecule has 0 spiro atoms. The number of nitrogens with zero attached hydrogens (tertiary/aromatic N) is 2. The predicted molar refractivity (Wildman–Crippen MR) is 79.0 cm³/mol. The van der Waals surface area contributed by atoms with E-state index in [0.29, 0.717) is 28.6 Å². The van der Waals surface area contributed by atoms with Gasteiger partial charge in [0, 0.05) is 25.9 Å². The Hall–Kier alpha value is -2.08. The lowest BCUT2D eigenvalue weighted by molar-refractivity contribution is 0.0816. The molecule has 1 aliphatic heterocycles. The number of rotatable bonds is 2. The second kappa shape index (κ2) is 5.13. The zero-order valence-corrected chi connectivity index (χ0v) is 11.4. The van der Waals surface area contributed by atoms with E-state index < -0.39 is 0 Å². The van der Waals surface area contributed by atoms with Gasteiger partial charge in [-0.3, -0.25) is 9.78 Å². The lowest BCUT2D eigenvalue weighted by Crippen LogP contribution is -2.38. The van der Waals surface area contributed by atoms with Crippen LogP contribution in [0.15, 0.2) is 23.0 Å². The van der Waals surface area contributed by atoms with Gasteiger partial charge in [-0.05, 0) is 31.0 Å². The number of anilines is 2. The lowest BCUT2D eigenvalue weighted by atomic mass is 10.1. The molecule has 0 aliphatic carbocycles. The fourth-order valence-corrected chi connectivity index (χ4v) is 2.60. The minimum Gasteiger partial charge on any atom is -0.399 e. The lowest BCUT2D eigenvalue weighted by Gasteiger charge is -2.31. The maximum Gasteiger partial charge on any atom is 0.260 e. The van der Waals surface area contributed by atoms with Crippen molar-refractivity contribution in [3.63, 3.8) is 0 Å². The normalized spacial score (nSPS) is 16.8. The molecule has 20 heavy (non-hydrogen) atoms. The van der Waals surface area contributed by atoms with Gasteiger partial charge in [-0.25, -0.2) is 4.98 Å². The van der Waals surface area contributed by atoms with E-state index in [0.717, 1.165) is 25.9 Å². The summed E-state index contributed by atoms with van der Waals surface area (Å²) in [5, 5.41) is 0.528. The Labute approximate surface area is 116 Å². The van der Waals surface area contributed by atoms with E-state index >= 15 is 0 Å². The maximum atomic E-state index is 12.1. The van der Waals surface area contributed by atoms with E-state index in [9.17, 15) is 4.79 Å². The first-order chi connectivity index (χ1) is 9.67. The summed E-state index contributed by atoms with van der Waals surface area (Å²) in [6.45, 7) is 1.67. The van der Waals surface area contributed by atoms with E-state index in [1.807, 2.05) is 0 Å². The zero-order chi connectivity index (χ0) is 14.1. The summed E-state index contributed by atoms with van der Waals surface area (Å²) < 4.78 is 5.35. The molecule has 106 valence electrons. The Kier molecular flexibility index (Phi) is 3.31. The molecular weight excluding hydrogens is 256 g/mol. The van der Waals surface area contributed by atoms with E-state index in [1.165, 1.54) is 0 Å². The highest BCUT2D eigenvalue weighted by Crippen LogP contribution is 2.19. The van der Waals surface area contributed by atoms with Gasteiger partial charge in [0.15, 0.2) is 0 Å². The van der Waals surface area contributed by atoms with Crippen LogP contribution in [-0.4, -0.2) is 36.3 Å². The van der Waals surface area contributed by atoms with Gasteiger partial charge in [-0.2, -0.15) is 0 Å². The summed E-state index contributed by atoms with van der Waals surface area (Å²) in [4.78, 5) is 21.6. The van der Waals surface area contributed by atoms with Crippen LogP contribution >= 0.6 is 0 Å². The van der Waals surface area contributed by atoms with Gasteiger partial charge in [0.1, 0.15) is 0 Å². The third-order valence-electron chi connectivity index (χ3n) is 3.79.